The van der Waals surface area contributed by atoms with Crippen molar-refractivity contribution in [3.8, 4) is 11.3 Å². The molecule has 1 atom stereocenters. The lowest BCUT2D eigenvalue weighted by Crippen LogP contribution is -2.30. The van der Waals surface area contributed by atoms with Crippen LogP contribution in [0.3, 0.4) is 0 Å². The topological polar surface area (TPSA) is 108 Å². The summed E-state index contributed by atoms with van der Waals surface area (Å²) in [5, 5.41) is 4.15. The molecule has 3 aromatic heterocycles. The summed E-state index contributed by atoms with van der Waals surface area (Å²) >= 11 is 0. The molecule has 0 aliphatic rings. The molecule has 0 spiro atoms. The van der Waals surface area contributed by atoms with Crippen LogP contribution in [0.5, 0.6) is 0 Å². The number of aromatic amines is 1. The largest absolute Gasteiger partial charge is 0.348 e. The molecule has 1 aromatic carbocycles. The van der Waals surface area contributed by atoms with Gasteiger partial charge in [0.15, 0.2) is 0 Å². The van der Waals surface area contributed by atoms with Crippen molar-refractivity contribution in [1.82, 2.24) is 24.2 Å². The van der Waals surface area contributed by atoms with Gasteiger partial charge in [0.25, 0.3) is 0 Å². The van der Waals surface area contributed by atoms with Crippen molar-refractivity contribution in [1.29, 1.82) is 0 Å². The molecule has 0 bridgehead atoms. The van der Waals surface area contributed by atoms with Crippen LogP contribution >= 0.6 is 0 Å². The van der Waals surface area contributed by atoms with Crippen molar-refractivity contribution in [2.24, 2.45) is 0 Å². The van der Waals surface area contributed by atoms with Crippen molar-refractivity contribution < 1.29 is 8.42 Å². The van der Waals surface area contributed by atoms with E-state index in [1.165, 1.54) is 10.5 Å². The molecule has 35 heavy (non-hydrogen) atoms. The second-order valence-corrected chi connectivity index (χ2v) is 10.1. The highest BCUT2D eigenvalue weighted by atomic mass is 32.2. The van der Waals surface area contributed by atoms with E-state index in [1.54, 1.807) is 36.7 Å². The van der Waals surface area contributed by atoms with Crippen LogP contribution < -0.4 is 5.32 Å². The number of aryl methyl sites for hydroxylation is 1. The minimum Gasteiger partial charge on any atom is -0.348 e. The summed E-state index contributed by atoms with van der Waals surface area (Å²) in [6.07, 6.45) is 5.09. The first-order valence-corrected chi connectivity index (χ1v) is 12.8. The third-order valence-electron chi connectivity index (χ3n) is 5.88. The van der Waals surface area contributed by atoms with Gasteiger partial charge in [-0.2, -0.15) is 4.31 Å². The maximum Gasteiger partial charge on any atom is 0.243 e. The molecule has 0 saturated heterocycles. The molecule has 0 amide bonds. The Morgan fingerprint density at radius 3 is 2.51 bits per heavy atom. The van der Waals surface area contributed by atoms with Gasteiger partial charge in [-0.3, -0.25) is 0 Å². The SMILES string of the molecule is [C-]#[N+]c1cnc(NC(C)c2ccc(S(=O)(=O)N(CC)CC)cc2)nc1-c1c[nH]c2ncc(C)cc12. The van der Waals surface area contributed by atoms with E-state index in [0.29, 0.717) is 30.4 Å². The Morgan fingerprint density at radius 1 is 1.14 bits per heavy atom. The maximum absolute atomic E-state index is 12.8. The van der Waals surface area contributed by atoms with E-state index in [1.807, 2.05) is 33.8 Å². The maximum atomic E-state index is 12.8. The number of H-pyrrole nitrogens is 1. The first kappa shape index (κ1) is 24.3. The summed E-state index contributed by atoms with van der Waals surface area (Å²) in [5.41, 5.74) is 4.26. The second-order valence-electron chi connectivity index (χ2n) is 8.17. The van der Waals surface area contributed by atoms with Crippen LogP contribution in [0.25, 0.3) is 27.1 Å². The number of anilines is 1. The monoisotopic (exact) mass is 489 g/mol. The Hall–Kier alpha value is -3.81. The minimum atomic E-state index is -3.51. The number of benzene rings is 1. The number of hydrogen-bond acceptors (Lipinski definition) is 6. The number of hydrogen-bond donors (Lipinski definition) is 2. The molecule has 0 aliphatic carbocycles. The highest BCUT2D eigenvalue weighted by molar-refractivity contribution is 7.89. The lowest BCUT2D eigenvalue weighted by Gasteiger charge is -2.19. The summed E-state index contributed by atoms with van der Waals surface area (Å²) in [4.78, 5) is 20.4. The average Bonchev–Trinajstić information content (AvgIpc) is 3.27. The van der Waals surface area contributed by atoms with Crippen molar-refractivity contribution >= 4 is 32.7 Å². The zero-order chi connectivity index (χ0) is 25.2. The van der Waals surface area contributed by atoms with E-state index in [0.717, 1.165) is 27.7 Å². The number of rotatable bonds is 8. The van der Waals surface area contributed by atoms with Gasteiger partial charge in [0.05, 0.1) is 23.2 Å². The molecule has 1 unspecified atom stereocenters. The highest BCUT2D eigenvalue weighted by Gasteiger charge is 2.22. The number of nitrogens with zero attached hydrogens (tertiary/aromatic N) is 5. The number of aromatic nitrogens is 4. The van der Waals surface area contributed by atoms with Gasteiger partial charge in [0, 0.05) is 42.6 Å². The molecule has 10 heteroatoms. The van der Waals surface area contributed by atoms with E-state index >= 15 is 0 Å². The number of fused-ring (bicyclic) bond motifs is 1. The molecule has 0 fully saturated rings. The molecule has 4 aromatic rings. The van der Waals surface area contributed by atoms with E-state index in [-0.39, 0.29) is 10.9 Å². The molecule has 0 saturated carbocycles. The fourth-order valence-corrected chi connectivity index (χ4v) is 5.40. The molecule has 0 radical (unpaired) electrons. The first-order chi connectivity index (χ1) is 16.8. The predicted molar refractivity (Wildman–Crippen MR) is 137 cm³/mol. The smallest absolute Gasteiger partial charge is 0.243 e. The normalized spacial score (nSPS) is 12.6. The van der Waals surface area contributed by atoms with Crippen LogP contribution in [0.2, 0.25) is 0 Å². The summed E-state index contributed by atoms with van der Waals surface area (Å²) in [7, 11) is -3.51. The number of nitrogens with one attached hydrogen (secondary N) is 2. The van der Waals surface area contributed by atoms with Crippen LogP contribution in [0, 0.1) is 13.5 Å². The molecule has 9 nitrogen and oxygen atoms in total. The standard InChI is InChI=1S/C25H27N7O2S/c1-6-32(7-2)35(33,34)19-10-8-18(9-11-19)17(4)30-25-29-15-22(26-5)23(31-25)21-14-28-24-20(21)12-16(3)13-27-24/h8-15,17H,6-7H2,1-4H3,(H,27,28)(H,29,30,31). The molecule has 0 aliphatic heterocycles. The van der Waals surface area contributed by atoms with E-state index in [2.05, 4.69) is 30.1 Å². The van der Waals surface area contributed by atoms with E-state index in [9.17, 15) is 8.42 Å². The van der Waals surface area contributed by atoms with Gasteiger partial charge in [-0.05, 0) is 43.2 Å². The Kier molecular flexibility index (Phi) is 6.82. The van der Waals surface area contributed by atoms with Gasteiger partial charge in [0.1, 0.15) is 5.65 Å². The van der Waals surface area contributed by atoms with Gasteiger partial charge in [-0.15, -0.1) is 0 Å². The number of sulfonamides is 1. The molecule has 2 N–H and O–H groups in total. The molecular weight excluding hydrogens is 462 g/mol. The summed E-state index contributed by atoms with van der Waals surface area (Å²) in [6, 6.07) is 8.63. The summed E-state index contributed by atoms with van der Waals surface area (Å²) in [5.74, 6) is 0.370. The third kappa shape index (κ3) is 4.73. The van der Waals surface area contributed by atoms with Gasteiger partial charge >= 0.3 is 0 Å². The zero-order valence-electron chi connectivity index (χ0n) is 20.1. The Balaban J connectivity index is 1.61. The lowest BCUT2D eigenvalue weighted by atomic mass is 10.1. The fraction of sp³-hybridized carbons (Fsp3) is 0.280. The Bertz CT molecular complexity index is 1500. The Morgan fingerprint density at radius 2 is 1.86 bits per heavy atom. The van der Waals surface area contributed by atoms with E-state index < -0.39 is 10.0 Å². The van der Waals surface area contributed by atoms with Gasteiger partial charge in [0.2, 0.25) is 21.7 Å². The summed E-state index contributed by atoms with van der Waals surface area (Å²) < 4.78 is 26.9. The molecule has 180 valence electrons. The van der Waals surface area contributed by atoms with Crippen LogP contribution in [0.4, 0.5) is 11.6 Å². The highest BCUT2D eigenvalue weighted by Crippen LogP contribution is 2.34. The lowest BCUT2D eigenvalue weighted by molar-refractivity contribution is 0.445. The quantitative estimate of drug-likeness (QED) is 0.334. The second kappa shape index (κ2) is 9.82. The van der Waals surface area contributed by atoms with Crippen molar-refractivity contribution in [3.63, 3.8) is 0 Å². The zero-order valence-corrected chi connectivity index (χ0v) is 20.9. The average molecular weight is 490 g/mol. The first-order valence-electron chi connectivity index (χ1n) is 11.3. The minimum absolute atomic E-state index is 0.196. The van der Waals surface area contributed by atoms with Crippen LogP contribution in [-0.2, 0) is 10.0 Å². The Labute approximate surface area is 205 Å². The fourth-order valence-electron chi connectivity index (χ4n) is 3.95. The van der Waals surface area contributed by atoms with Crippen molar-refractivity contribution in [3.05, 3.63) is 71.5 Å². The number of pyridine rings is 1. The van der Waals surface area contributed by atoms with Crippen LogP contribution in [0.1, 0.15) is 37.9 Å². The van der Waals surface area contributed by atoms with Crippen LogP contribution in [0.15, 0.2) is 53.8 Å². The summed E-state index contributed by atoms with van der Waals surface area (Å²) in [6.45, 7) is 16.0. The van der Waals surface area contributed by atoms with E-state index in [4.69, 9.17) is 6.57 Å². The molecular formula is C25H27N7O2S. The van der Waals surface area contributed by atoms with Crippen molar-refractivity contribution in [2.75, 3.05) is 18.4 Å². The molecule has 3 heterocycles. The van der Waals surface area contributed by atoms with Gasteiger partial charge < -0.3 is 10.3 Å². The molecule has 4 rings (SSSR count). The van der Waals surface area contributed by atoms with Crippen LogP contribution in [-0.4, -0.2) is 45.7 Å². The van der Waals surface area contributed by atoms with Gasteiger partial charge in [-0.25, -0.2) is 28.2 Å². The van der Waals surface area contributed by atoms with Crippen molar-refractivity contribution in [2.45, 2.75) is 38.6 Å². The predicted octanol–water partition coefficient (Wildman–Crippen LogP) is 5.08. The third-order valence-corrected chi connectivity index (χ3v) is 7.95. The van der Waals surface area contributed by atoms with Gasteiger partial charge in [-0.1, -0.05) is 26.0 Å².